The van der Waals surface area contributed by atoms with Gasteiger partial charge in [-0.3, -0.25) is 4.79 Å². The third-order valence-corrected chi connectivity index (χ3v) is 3.84. The average Bonchev–Trinajstić information content (AvgIpc) is 2.98. The molecule has 1 saturated heterocycles. The molecule has 0 aliphatic carbocycles. The van der Waals surface area contributed by atoms with E-state index in [-0.39, 0.29) is 11.9 Å². The first-order valence-electron chi connectivity index (χ1n) is 6.75. The van der Waals surface area contributed by atoms with Crippen molar-refractivity contribution in [2.45, 2.75) is 26.3 Å². The number of carbonyl (C=O) groups is 1. The fourth-order valence-electron chi connectivity index (χ4n) is 2.70. The van der Waals surface area contributed by atoms with E-state index in [4.69, 9.17) is 0 Å². The summed E-state index contributed by atoms with van der Waals surface area (Å²) in [5, 5.41) is 7.47. The highest BCUT2D eigenvalue weighted by molar-refractivity contribution is 6.01. The zero-order valence-electron chi connectivity index (χ0n) is 11.3. The summed E-state index contributed by atoms with van der Waals surface area (Å²) in [4.78, 5) is 15.5. The fraction of sp³-hybridized carbons (Fsp3) is 0.400. The highest BCUT2D eigenvalue weighted by Gasteiger charge is 2.20. The van der Waals surface area contributed by atoms with Gasteiger partial charge in [0.1, 0.15) is 5.69 Å². The van der Waals surface area contributed by atoms with Gasteiger partial charge in [-0.2, -0.15) is 0 Å². The highest BCUT2D eigenvalue weighted by atomic mass is 16.2. The van der Waals surface area contributed by atoms with Crippen molar-refractivity contribution >= 4 is 16.8 Å². The van der Waals surface area contributed by atoms with Crippen LogP contribution >= 0.6 is 0 Å². The van der Waals surface area contributed by atoms with Crippen molar-refractivity contribution in [2.24, 2.45) is 0 Å². The summed E-state index contributed by atoms with van der Waals surface area (Å²) in [6.07, 6.45) is 1.00. The molecular weight excluding hydrogens is 238 g/mol. The van der Waals surface area contributed by atoms with Gasteiger partial charge in [0.05, 0.1) is 0 Å². The van der Waals surface area contributed by atoms with Gasteiger partial charge in [-0.15, -0.1) is 0 Å². The molecule has 100 valence electrons. The molecule has 2 aromatic rings. The Bertz CT molecular complexity index is 624. The number of fused-ring (bicyclic) bond motifs is 1. The molecule has 1 amide bonds. The normalized spacial score (nSPS) is 18.9. The average molecular weight is 257 g/mol. The van der Waals surface area contributed by atoms with Crippen LogP contribution in [0.15, 0.2) is 18.2 Å². The Morgan fingerprint density at radius 3 is 2.95 bits per heavy atom. The van der Waals surface area contributed by atoms with Crippen molar-refractivity contribution in [2.75, 3.05) is 13.1 Å². The number of aryl methyl sites for hydroxylation is 2. The first-order chi connectivity index (χ1) is 9.15. The SMILES string of the molecule is Cc1ccc2[nH]c(C(=O)NC3CCNC3)c(C)c2c1. The van der Waals surface area contributed by atoms with Gasteiger partial charge >= 0.3 is 0 Å². The van der Waals surface area contributed by atoms with E-state index in [2.05, 4.69) is 34.7 Å². The molecular formula is C15H19N3O. The zero-order valence-corrected chi connectivity index (χ0v) is 11.3. The summed E-state index contributed by atoms with van der Waals surface area (Å²) in [5.41, 5.74) is 3.95. The lowest BCUT2D eigenvalue weighted by Gasteiger charge is -2.10. The highest BCUT2D eigenvalue weighted by Crippen LogP contribution is 2.22. The van der Waals surface area contributed by atoms with E-state index in [1.54, 1.807) is 0 Å². The summed E-state index contributed by atoms with van der Waals surface area (Å²) < 4.78 is 0. The molecule has 1 fully saturated rings. The second-order valence-corrected chi connectivity index (χ2v) is 5.34. The lowest BCUT2D eigenvalue weighted by molar-refractivity contribution is 0.0935. The second-order valence-electron chi connectivity index (χ2n) is 5.34. The van der Waals surface area contributed by atoms with Gasteiger partial charge in [0.2, 0.25) is 0 Å². The van der Waals surface area contributed by atoms with Crippen molar-refractivity contribution in [1.29, 1.82) is 0 Å². The maximum atomic E-state index is 12.3. The topological polar surface area (TPSA) is 56.9 Å². The Hall–Kier alpha value is -1.81. The predicted molar refractivity (Wildman–Crippen MR) is 76.5 cm³/mol. The molecule has 0 spiro atoms. The van der Waals surface area contributed by atoms with Crippen LogP contribution in [-0.2, 0) is 0 Å². The summed E-state index contributed by atoms with van der Waals surface area (Å²) in [6, 6.07) is 6.46. The summed E-state index contributed by atoms with van der Waals surface area (Å²) in [6.45, 7) is 5.91. The smallest absolute Gasteiger partial charge is 0.268 e. The van der Waals surface area contributed by atoms with Crippen LogP contribution in [0.2, 0.25) is 0 Å². The van der Waals surface area contributed by atoms with E-state index in [1.165, 1.54) is 5.56 Å². The van der Waals surface area contributed by atoms with Gasteiger partial charge in [0, 0.05) is 23.5 Å². The van der Waals surface area contributed by atoms with Crippen LogP contribution in [0.3, 0.4) is 0 Å². The second kappa shape index (κ2) is 4.70. The first kappa shape index (κ1) is 12.2. The molecule has 4 heteroatoms. The molecule has 1 aliphatic heterocycles. The van der Waals surface area contributed by atoms with Gasteiger partial charge in [0.15, 0.2) is 0 Å². The minimum Gasteiger partial charge on any atom is -0.350 e. The van der Waals surface area contributed by atoms with Crippen LogP contribution in [0.25, 0.3) is 10.9 Å². The van der Waals surface area contributed by atoms with E-state index in [1.807, 2.05) is 13.0 Å². The van der Waals surface area contributed by atoms with Crippen LogP contribution in [-0.4, -0.2) is 30.0 Å². The Balaban J connectivity index is 1.91. The molecule has 1 unspecified atom stereocenters. The number of aromatic amines is 1. The van der Waals surface area contributed by atoms with Crippen LogP contribution in [0.4, 0.5) is 0 Å². The Labute approximate surface area is 112 Å². The maximum Gasteiger partial charge on any atom is 0.268 e. The number of hydrogen-bond donors (Lipinski definition) is 3. The standard InChI is InChI=1S/C15H19N3O/c1-9-3-4-13-12(7-9)10(2)14(18-13)15(19)17-11-5-6-16-8-11/h3-4,7,11,16,18H,5-6,8H2,1-2H3,(H,17,19). The van der Waals surface area contributed by atoms with Crippen molar-refractivity contribution in [3.05, 3.63) is 35.0 Å². The van der Waals surface area contributed by atoms with E-state index >= 15 is 0 Å². The molecule has 0 radical (unpaired) electrons. The van der Waals surface area contributed by atoms with Gasteiger partial charge in [-0.25, -0.2) is 0 Å². The molecule has 19 heavy (non-hydrogen) atoms. The van der Waals surface area contributed by atoms with Crippen molar-refractivity contribution < 1.29 is 4.79 Å². The lowest BCUT2D eigenvalue weighted by Crippen LogP contribution is -2.36. The van der Waals surface area contributed by atoms with Crippen LogP contribution < -0.4 is 10.6 Å². The number of hydrogen-bond acceptors (Lipinski definition) is 2. The van der Waals surface area contributed by atoms with Crippen LogP contribution in [0.1, 0.15) is 28.0 Å². The summed E-state index contributed by atoms with van der Waals surface area (Å²) in [5.74, 6) is 0.0000491. The number of benzene rings is 1. The van der Waals surface area contributed by atoms with Gasteiger partial charge < -0.3 is 15.6 Å². The number of rotatable bonds is 2. The van der Waals surface area contributed by atoms with Crippen LogP contribution in [0.5, 0.6) is 0 Å². The quantitative estimate of drug-likeness (QED) is 0.769. The van der Waals surface area contributed by atoms with Crippen molar-refractivity contribution in [1.82, 2.24) is 15.6 Å². The minimum absolute atomic E-state index is 0.0000491. The lowest BCUT2D eigenvalue weighted by atomic mass is 10.1. The molecule has 0 bridgehead atoms. The van der Waals surface area contributed by atoms with E-state index in [0.717, 1.165) is 36.0 Å². The minimum atomic E-state index is 0.0000491. The molecule has 3 rings (SSSR count). The number of H-pyrrole nitrogens is 1. The van der Waals surface area contributed by atoms with Gasteiger partial charge in [0.25, 0.3) is 5.91 Å². The number of carbonyl (C=O) groups excluding carboxylic acids is 1. The molecule has 1 aromatic carbocycles. The molecule has 0 saturated carbocycles. The maximum absolute atomic E-state index is 12.3. The van der Waals surface area contributed by atoms with E-state index < -0.39 is 0 Å². The fourth-order valence-corrected chi connectivity index (χ4v) is 2.70. The monoisotopic (exact) mass is 257 g/mol. The largest absolute Gasteiger partial charge is 0.350 e. The molecule has 1 aliphatic rings. The number of nitrogens with one attached hydrogen (secondary N) is 3. The zero-order chi connectivity index (χ0) is 13.4. The van der Waals surface area contributed by atoms with E-state index in [0.29, 0.717) is 5.69 Å². The first-order valence-corrected chi connectivity index (χ1v) is 6.75. The van der Waals surface area contributed by atoms with E-state index in [9.17, 15) is 4.79 Å². The van der Waals surface area contributed by atoms with Crippen molar-refractivity contribution in [3.63, 3.8) is 0 Å². The summed E-state index contributed by atoms with van der Waals surface area (Å²) in [7, 11) is 0. The van der Waals surface area contributed by atoms with Crippen molar-refractivity contribution in [3.8, 4) is 0 Å². The summed E-state index contributed by atoms with van der Waals surface area (Å²) >= 11 is 0. The van der Waals surface area contributed by atoms with Gasteiger partial charge in [-0.1, -0.05) is 11.6 Å². The Morgan fingerprint density at radius 1 is 1.37 bits per heavy atom. The molecule has 1 aromatic heterocycles. The molecule has 4 nitrogen and oxygen atoms in total. The number of aromatic nitrogens is 1. The predicted octanol–water partition coefficient (Wildman–Crippen LogP) is 1.88. The molecule has 1 atom stereocenters. The third-order valence-electron chi connectivity index (χ3n) is 3.84. The third kappa shape index (κ3) is 2.24. The molecule has 3 N–H and O–H groups in total. The number of amides is 1. The van der Waals surface area contributed by atoms with Gasteiger partial charge in [-0.05, 0) is 44.5 Å². The Morgan fingerprint density at radius 2 is 2.21 bits per heavy atom. The van der Waals surface area contributed by atoms with Crippen LogP contribution in [0, 0.1) is 13.8 Å². The Kier molecular flexibility index (Phi) is 3.03. The molecule has 2 heterocycles.